The van der Waals surface area contributed by atoms with E-state index in [1.807, 2.05) is 0 Å². The van der Waals surface area contributed by atoms with Crippen molar-refractivity contribution >= 4 is 0 Å². The summed E-state index contributed by atoms with van der Waals surface area (Å²) in [5, 5.41) is 27.4. The molecule has 0 heterocycles. The van der Waals surface area contributed by atoms with Gasteiger partial charge in [0.25, 0.3) is 0 Å². The second-order valence-electron chi connectivity index (χ2n) is 3.13. The van der Waals surface area contributed by atoms with Gasteiger partial charge >= 0.3 is 0 Å². The Labute approximate surface area is 93.5 Å². The molecular formula is C11H13NO4. The smallest absolute Gasteiger partial charge is 0.170 e. The summed E-state index contributed by atoms with van der Waals surface area (Å²) in [7, 11) is 2.94. The number of benzene rings is 1. The number of ether oxygens (including phenoxy) is 2. The van der Waals surface area contributed by atoms with Crippen LogP contribution in [0.1, 0.15) is 11.7 Å². The van der Waals surface area contributed by atoms with Gasteiger partial charge in [0, 0.05) is 11.6 Å². The molecule has 0 aliphatic carbocycles. The quantitative estimate of drug-likeness (QED) is 0.731. The first-order valence-corrected chi connectivity index (χ1v) is 4.61. The molecule has 0 saturated heterocycles. The van der Waals surface area contributed by atoms with Crippen LogP contribution in [0, 0.1) is 11.3 Å². The molecule has 0 aliphatic heterocycles. The molecule has 1 aromatic rings. The van der Waals surface area contributed by atoms with Gasteiger partial charge in [-0.15, -0.1) is 0 Å². The SMILES string of the molecule is COc1ccc(C(O)C(O)C#N)c(OC)c1. The maximum atomic E-state index is 9.67. The number of methoxy groups -OCH3 is 2. The Morgan fingerprint density at radius 1 is 1.25 bits per heavy atom. The van der Waals surface area contributed by atoms with Crippen LogP contribution in [-0.4, -0.2) is 30.5 Å². The zero-order chi connectivity index (χ0) is 12.1. The molecule has 0 radical (unpaired) electrons. The van der Waals surface area contributed by atoms with Crippen molar-refractivity contribution in [1.29, 1.82) is 5.26 Å². The molecule has 0 aromatic heterocycles. The van der Waals surface area contributed by atoms with Gasteiger partial charge in [0.15, 0.2) is 6.10 Å². The van der Waals surface area contributed by atoms with Gasteiger partial charge < -0.3 is 19.7 Å². The van der Waals surface area contributed by atoms with Crippen molar-refractivity contribution < 1.29 is 19.7 Å². The summed E-state index contributed by atoms with van der Waals surface area (Å²) in [6.07, 6.45) is -2.78. The van der Waals surface area contributed by atoms with Crippen LogP contribution in [0.5, 0.6) is 11.5 Å². The standard InChI is InChI=1S/C11H13NO4/c1-15-7-3-4-8(10(5-7)16-2)11(14)9(13)6-12/h3-5,9,11,13-14H,1-2H3. The number of rotatable bonds is 4. The fourth-order valence-corrected chi connectivity index (χ4v) is 1.30. The van der Waals surface area contributed by atoms with E-state index < -0.39 is 12.2 Å². The Morgan fingerprint density at radius 2 is 1.94 bits per heavy atom. The Kier molecular flexibility index (Phi) is 4.11. The average Bonchev–Trinajstić information content (AvgIpc) is 2.35. The van der Waals surface area contributed by atoms with Gasteiger partial charge in [0.1, 0.15) is 17.6 Å². The van der Waals surface area contributed by atoms with Gasteiger partial charge in [-0.2, -0.15) is 5.26 Å². The van der Waals surface area contributed by atoms with Crippen molar-refractivity contribution in [2.75, 3.05) is 14.2 Å². The Hall–Kier alpha value is -1.77. The number of aliphatic hydroxyl groups excluding tert-OH is 2. The molecule has 0 bridgehead atoms. The second-order valence-corrected chi connectivity index (χ2v) is 3.13. The van der Waals surface area contributed by atoms with Crippen LogP contribution in [0.4, 0.5) is 0 Å². The highest BCUT2D eigenvalue weighted by molar-refractivity contribution is 5.42. The normalized spacial score (nSPS) is 13.7. The molecule has 0 fully saturated rings. The number of nitriles is 1. The molecular weight excluding hydrogens is 210 g/mol. The van der Waals surface area contributed by atoms with Crippen molar-refractivity contribution in [1.82, 2.24) is 0 Å². The van der Waals surface area contributed by atoms with E-state index in [1.165, 1.54) is 14.2 Å². The maximum absolute atomic E-state index is 9.67. The van der Waals surface area contributed by atoms with Crippen LogP contribution in [0.3, 0.4) is 0 Å². The molecule has 86 valence electrons. The molecule has 0 amide bonds. The predicted octanol–water partition coefficient (Wildman–Crippen LogP) is 0.622. The molecule has 1 aromatic carbocycles. The summed E-state index contributed by atoms with van der Waals surface area (Å²) in [4.78, 5) is 0. The van der Waals surface area contributed by atoms with E-state index >= 15 is 0 Å². The van der Waals surface area contributed by atoms with Crippen molar-refractivity contribution in [3.05, 3.63) is 23.8 Å². The Balaban J connectivity index is 3.09. The molecule has 1 rings (SSSR count). The minimum atomic E-state index is -1.48. The molecule has 2 atom stereocenters. The summed E-state index contributed by atoms with van der Waals surface area (Å²) in [6.45, 7) is 0. The molecule has 2 N–H and O–H groups in total. The number of aliphatic hydroxyl groups is 2. The molecule has 0 aliphatic rings. The summed E-state index contributed by atoms with van der Waals surface area (Å²) >= 11 is 0. The third kappa shape index (κ3) is 2.42. The largest absolute Gasteiger partial charge is 0.497 e. The minimum absolute atomic E-state index is 0.345. The molecule has 0 spiro atoms. The Morgan fingerprint density at radius 3 is 2.44 bits per heavy atom. The third-order valence-electron chi connectivity index (χ3n) is 2.19. The first kappa shape index (κ1) is 12.3. The lowest BCUT2D eigenvalue weighted by molar-refractivity contribution is 0.0510. The lowest BCUT2D eigenvalue weighted by Crippen LogP contribution is -2.16. The molecule has 0 saturated carbocycles. The molecule has 2 unspecified atom stereocenters. The maximum Gasteiger partial charge on any atom is 0.170 e. The molecule has 5 heteroatoms. The second kappa shape index (κ2) is 5.35. The zero-order valence-electron chi connectivity index (χ0n) is 9.04. The highest BCUT2D eigenvalue weighted by Crippen LogP contribution is 2.30. The van der Waals surface area contributed by atoms with Crippen LogP contribution in [0.15, 0.2) is 18.2 Å². The van der Waals surface area contributed by atoms with Gasteiger partial charge in [-0.3, -0.25) is 0 Å². The number of nitrogens with zero attached hydrogens (tertiary/aromatic N) is 1. The van der Waals surface area contributed by atoms with Gasteiger partial charge in [-0.1, -0.05) is 0 Å². The highest BCUT2D eigenvalue weighted by atomic mass is 16.5. The van der Waals surface area contributed by atoms with Crippen molar-refractivity contribution in [2.24, 2.45) is 0 Å². The van der Waals surface area contributed by atoms with Gasteiger partial charge in [0.05, 0.1) is 20.3 Å². The first-order valence-electron chi connectivity index (χ1n) is 4.61. The van der Waals surface area contributed by atoms with E-state index in [0.717, 1.165) is 0 Å². The van der Waals surface area contributed by atoms with Gasteiger partial charge in [0.2, 0.25) is 0 Å². The van der Waals surface area contributed by atoms with E-state index in [2.05, 4.69) is 0 Å². The highest BCUT2D eigenvalue weighted by Gasteiger charge is 2.21. The van der Waals surface area contributed by atoms with E-state index in [9.17, 15) is 10.2 Å². The van der Waals surface area contributed by atoms with Crippen LogP contribution < -0.4 is 9.47 Å². The van der Waals surface area contributed by atoms with Crippen LogP contribution in [0.25, 0.3) is 0 Å². The van der Waals surface area contributed by atoms with Crippen LogP contribution in [-0.2, 0) is 0 Å². The van der Waals surface area contributed by atoms with Crippen LogP contribution in [0.2, 0.25) is 0 Å². The first-order chi connectivity index (χ1) is 7.63. The molecule has 5 nitrogen and oxygen atoms in total. The summed E-state index contributed by atoms with van der Waals surface area (Å²) in [5.74, 6) is 0.931. The summed E-state index contributed by atoms with van der Waals surface area (Å²) in [6, 6.07) is 6.29. The molecule has 16 heavy (non-hydrogen) atoms. The predicted molar refractivity (Wildman–Crippen MR) is 56.1 cm³/mol. The van der Waals surface area contributed by atoms with E-state index in [1.54, 1.807) is 24.3 Å². The Bertz CT molecular complexity index is 399. The van der Waals surface area contributed by atoms with Crippen LogP contribution >= 0.6 is 0 Å². The monoisotopic (exact) mass is 223 g/mol. The van der Waals surface area contributed by atoms with E-state index in [4.69, 9.17) is 14.7 Å². The summed E-state index contributed by atoms with van der Waals surface area (Å²) < 4.78 is 10.0. The third-order valence-corrected chi connectivity index (χ3v) is 2.19. The van der Waals surface area contributed by atoms with Gasteiger partial charge in [-0.05, 0) is 12.1 Å². The fourth-order valence-electron chi connectivity index (χ4n) is 1.30. The number of hydrogen-bond donors (Lipinski definition) is 2. The fraction of sp³-hybridized carbons (Fsp3) is 0.364. The van der Waals surface area contributed by atoms with Gasteiger partial charge in [-0.25, -0.2) is 0 Å². The zero-order valence-corrected chi connectivity index (χ0v) is 9.04. The average molecular weight is 223 g/mol. The van der Waals surface area contributed by atoms with E-state index in [0.29, 0.717) is 17.1 Å². The van der Waals surface area contributed by atoms with Crippen molar-refractivity contribution in [2.45, 2.75) is 12.2 Å². The lowest BCUT2D eigenvalue weighted by Gasteiger charge is -2.16. The van der Waals surface area contributed by atoms with Crippen molar-refractivity contribution in [3.63, 3.8) is 0 Å². The number of hydrogen-bond acceptors (Lipinski definition) is 5. The lowest BCUT2D eigenvalue weighted by atomic mass is 10.0. The minimum Gasteiger partial charge on any atom is -0.497 e. The van der Waals surface area contributed by atoms with Crippen molar-refractivity contribution in [3.8, 4) is 17.6 Å². The summed E-state index contributed by atoms with van der Waals surface area (Å²) in [5.41, 5.74) is 0.345. The topological polar surface area (TPSA) is 82.7 Å². The van der Waals surface area contributed by atoms with E-state index in [-0.39, 0.29) is 0 Å².